The molecular formula is C56H87N5O13. The molecule has 15 atom stereocenters. The Morgan fingerprint density at radius 3 is 2.24 bits per heavy atom. The van der Waals surface area contributed by atoms with Crippen LogP contribution in [0.25, 0.3) is 0 Å². The van der Waals surface area contributed by atoms with Crippen LogP contribution in [0.3, 0.4) is 0 Å². The van der Waals surface area contributed by atoms with E-state index in [0.717, 1.165) is 31.6 Å². The quantitative estimate of drug-likeness (QED) is 0.162. The highest BCUT2D eigenvalue weighted by Crippen LogP contribution is 2.39. The van der Waals surface area contributed by atoms with E-state index < -0.39 is 77.8 Å². The third-order valence-electron chi connectivity index (χ3n) is 16.0. The Hall–Kier alpha value is -4.30. The summed E-state index contributed by atoms with van der Waals surface area (Å²) in [6.07, 6.45) is 16.5. The molecule has 2 bridgehead atoms. The number of carbonyl (C=O) groups excluding carboxylic acids is 5. The summed E-state index contributed by atoms with van der Waals surface area (Å²) in [4.78, 5) is 72.3. The van der Waals surface area contributed by atoms with Crippen molar-refractivity contribution in [3.8, 4) is 0 Å². The van der Waals surface area contributed by atoms with E-state index in [1.54, 1.807) is 52.1 Å². The number of hydrogen-bond acceptors (Lipinski definition) is 16. The fourth-order valence-electron chi connectivity index (χ4n) is 11.2. The number of aromatic nitrogens is 4. The van der Waals surface area contributed by atoms with Gasteiger partial charge in [-0.15, -0.1) is 5.10 Å². The topological polar surface area (TPSA) is 228 Å². The molecule has 1 unspecified atom stereocenters. The molecular weight excluding hydrogens is 951 g/mol. The molecule has 5 aliphatic rings. The smallest absolute Gasteiger partial charge is 0.329 e. The molecule has 3 saturated heterocycles. The first-order valence-corrected chi connectivity index (χ1v) is 27.1. The maximum absolute atomic E-state index is 14.5. The van der Waals surface area contributed by atoms with Gasteiger partial charge in [0.1, 0.15) is 36.5 Å². The Labute approximate surface area is 439 Å². The van der Waals surface area contributed by atoms with Crippen molar-refractivity contribution in [2.45, 2.75) is 193 Å². The van der Waals surface area contributed by atoms with Gasteiger partial charge in [-0.3, -0.25) is 19.2 Å². The number of ketones is 3. The molecule has 6 rings (SSSR count). The monoisotopic (exact) mass is 1040 g/mol. The van der Waals surface area contributed by atoms with Crippen LogP contribution in [0.2, 0.25) is 0 Å². The van der Waals surface area contributed by atoms with Crippen LogP contribution in [0.5, 0.6) is 0 Å². The Morgan fingerprint density at radius 2 is 1.59 bits per heavy atom. The van der Waals surface area contributed by atoms with E-state index in [2.05, 4.69) is 15.5 Å². The van der Waals surface area contributed by atoms with E-state index in [1.807, 2.05) is 58.1 Å². The van der Waals surface area contributed by atoms with Crippen LogP contribution in [-0.4, -0.2) is 154 Å². The number of carbonyl (C=O) groups is 5. The highest BCUT2D eigenvalue weighted by molar-refractivity contribution is 6.39. The number of tetrazole rings is 1. The van der Waals surface area contributed by atoms with Crippen molar-refractivity contribution in [3.05, 3.63) is 53.9 Å². The predicted molar refractivity (Wildman–Crippen MR) is 276 cm³/mol. The fourth-order valence-corrected chi connectivity index (χ4v) is 11.2. The number of cyclic esters (lactones) is 1. The molecule has 1 amide bonds. The highest BCUT2D eigenvalue weighted by atomic mass is 16.6. The van der Waals surface area contributed by atoms with Crippen molar-refractivity contribution in [1.82, 2.24) is 25.1 Å². The molecule has 4 aliphatic heterocycles. The van der Waals surface area contributed by atoms with Crippen molar-refractivity contribution >= 4 is 29.2 Å². The lowest BCUT2D eigenvalue weighted by molar-refractivity contribution is -0.265. The summed E-state index contributed by atoms with van der Waals surface area (Å²) in [7, 11) is 4.62. The molecule has 18 heteroatoms. The highest BCUT2D eigenvalue weighted by Gasteiger charge is 2.53. The van der Waals surface area contributed by atoms with Crippen LogP contribution in [0.4, 0.5) is 0 Å². The molecule has 74 heavy (non-hydrogen) atoms. The molecule has 1 aromatic heterocycles. The molecule has 2 N–H and O–H groups in total. The minimum Gasteiger partial charge on any atom is -0.460 e. The summed E-state index contributed by atoms with van der Waals surface area (Å²) in [5.41, 5.74) is 1.27. The average molecular weight is 1040 g/mol. The molecule has 1 aliphatic carbocycles. The lowest BCUT2D eigenvalue weighted by atomic mass is 9.77. The minimum absolute atomic E-state index is 0.0170. The second kappa shape index (κ2) is 29.3. The zero-order chi connectivity index (χ0) is 54.1. The predicted octanol–water partition coefficient (Wildman–Crippen LogP) is 6.84. The van der Waals surface area contributed by atoms with E-state index in [-0.39, 0.29) is 60.9 Å². The molecule has 0 radical (unpaired) electrons. The SMILES string of the molecule is C1CCOC1.CO[C@H]1CC2CC[C@@H](C)[C@@](O)(O2)C(=O)C(=O)N2CCCC[C@H]2C(=O)O[C@H]([C@H](C)C[C@@H]2CC[C@H](n3cnnn3)[C@H](OC)C2)CC(=O)[C@H](C)/C=C(\C)[C@@H](O)[C@@H](OC)C(=O)[C@H](C)C[C@H](C)/C=C/C=C/C=C/1C. The van der Waals surface area contributed by atoms with Gasteiger partial charge in [-0.2, -0.15) is 0 Å². The fraction of sp³-hybridized carbons (Fsp3) is 0.750. The lowest BCUT2D eigenvalue weighted by Crippen LogP contribution is -2.61. The molecule has 18 nitrogen and oxygen atoms in total. The van der Waals surface area contributed by atoms with Gasteiger partial charge in [0.05, 0.1) is 24.4 Å². The zero-order valence-corrected chi connectivity index (χ0v) is 45.8. The summed E-state index contributed by atoms with van der Waals surface area (Å²) in [5.74, 6) is -7.92. The first kappa shape index (κ1) is 60.6. The second-order valence-corrected chi connectivity index (χ2v) is 21.7. The minimum atomic E-state index is -2.43. The van der Waals surface area contributed by atoms with Crippen molar-refractivity contribution in [1.29, 1.82) is 0 Å². The van der Waals surface area contributed by atoms with Crippen molar-refractivity contribution in [3.63, 3.8) is 0 Å². The molecule has 0 spiro atoms. The van der Waals surface area contributed by atoms with Crippen LogP contribution in [0, 0.1) is 35.5 Å². The van der Waals surface area contributed by atoms with E-state index in [0.29, 0.717) is 56.9 Å². The number of rotatable bonds is 7. The number of methoxy groups -OCH3 is 3. The first-order valence-electron chi connectivity index (χ1n) is 27.1. The van der Waals surface area contributed by atoms with Crippen molar-refractivity contribution in [2.24, 2.45) is 35.5 Å². The Kier molecular flexibility index (Phi) is 24.0. The molecule has 0 aromatic carbocycles. The summed E-state index contributed by atoms with van der Waals surface area (Å²) in [6, 6.07) is -1.19. The van der Waals surface area contributed by atoms with Gasteiger partial charge in [0.15, 0.2) is 5.78 Å². The molecule has 1 aromatic rings. The van der Waals surface area contributed by atoms with E-state index in [1.165, 1.54) is 24.9 Å². The number of amides is 1. The van der Waals surface area contributed by atoms with Crippen LogP contribution in [0.15, 0.2) is 53.9 Å². The van der Waals surface area contributed by atoms with Crippen LogP contribution < -0.4 is 0 Å². The Bertz CT molecular complexity index is 2100. The number of fused-ring (bicyclic) bond motifs is 3. The third-order valence-corrected chi connectivity index (χ3v) is 16.0. The normalized spacial score (nSPS) is 37.8. The number of nitrogens with zero attached hydrogens (tertiary/aromatic N) is 5. The zero-order valence-electron chi connectivity index (χ0n) is 45.8. The number of allylic oxidation sites excluding steroid dienone is 6. The second-order valence-electron chi connectivity index (χ2n) is 21.7. The molecule has 414 valence electrons. The summed E-state index contributed by atoms with van der Waals surface area (Å²) < 4.78 is 36.5. The summed E-state index contributed by atoms with van der Waals surface area (Å²) in [6.45, 7) is 14.8. The van der Waals surface area contributed by atoms with Gasteiger partial charge >= 0.3 is 5.97 Å². The molecule has 1 saturated carbocycles. The lowest BCUT2D eigenvalue weighted by Gasteiger charge is -2.42. The number of aliphatic hydroxyl groups is 2. The van der Waals surface area contributed by atoms with Crippen molar-refractivity contribution in [2.75, 3.05) is 41.1 Å². The standard InChI is InChI=1S/C52H79N5O12.C4H8O/c1-31-16-12-11-13-17-32(2)43(65-8)28-39-21-19-37(7)52(64,69-39)49(61)50(62)56-23-15-14-18-41(56)51(63)68-44(34(4)26-38-20-22-40(45(27-38)66-9)57-30-53-54-55-57)29-42(58)33(3)25-36(6)47(60)48(67-10)46(59)35(5)24-31;1-2-4-5-3-1/h11-13,16-17,25,30-31,33-35,37-41,43-45,47-48,60,64H,14-15,18-24,26-29H2,1-10H3;1-4H2/b13-11+,16-12+,32-17+,36-25+;/t31-,33-,34-,35-,37-,38+,39?,40+,41+,43+,44+,45-,47-,48+,52-;/m1./s1. The molecule has 5 heterocycles. The van der Waals surface area contributed by atoms with Gasteiger partial charge in [0.25, 0.3) is 11.7 Å². The summed E-state index contributed by atoms with van der Waals surface area (Å²) >= 11 is 0. The third kappa shape index (κ3) is 16.4. The van der Waals surface area contributed by atoms with Gasteiger partial charge in [-0.05, 0) is 130 Å². The number of ether oxygens (including phenoxy) is 6. The number of esters is 1. The van der Waals surface area contributed by atoms with Crippen molar-refractivity contribution < 1.29 is 62.6 Å². The van der Waals surface area contributed by atoms with E-state index in [9.17, 15) is 34.2 Å². The van der Waals surface area contributed by atoms with Crippen LogP contribution in [0.1, 0.15) is 144 Å². The maximum atomic E-state index is 14.5. The number of hydrogen-bond donors (Lipinski definition) is 2. The van der Waals surface area contributed by atoms with Crippen LogP contribution in [-0.2, 0) is 52.4 Å². The number of piperidine rings is 1. The Balaban J connectivity index is 0.00000191. The van der Waals surface area contributed by atoms with Crippen LogP contribution >= 0.6 is 0 Å². The van der Waals surface area contributed by atoms with E-state index >= 15 is 0 Å². The van der Waals surface area contributed by atoms with Gasteiger partial charge in [0.2, 0.25) is 5.79 Å². The van der Waals surface area contributed by atoms with E-state index in [4.69, 9.17) is 28.4 Å². The van der Waals surface area contributed by atoms with Gasteiger partial charge in [0, 0.05) is 71.7 Å². The van der Waals surface area contributed by atoms with Gasteiger partial charge in [-0.25, -0.2) is 9.48 Å². The van der Waals surface area contributed by atoms with Gasteiger partial charge < -0.3 is 43.5 Å². The Morgan fingerprint density at radius 1 is 0.851 bits per heavy atom. The number of aliphatic hydroxyl groups excluding tert-OH is 1. The molecule has 4 fully saturated rings. The largest absolute Gasteiger partial charge is 0.460 e. The maximum Gasteiger partial charge on any atom is 0.329 e. The number of Topliss-reactive ketones (excluding diaryl/α,β-unsaturated/α-hetero) is 3. The average Bonchev–Trinajstić information content (AvgIpc) is 4.17. The van der Waals surface area contributed by atoms with Gasteiger partial charge in [-0.1, -0.05) is 71.1 Å². The summed E-state index contributed by atoms with van der Waals surface area (Å²) in [5, 5.41) is 35.2. The first-order chi connectivity index (χ1) is 35.3.